The molecule has 0 aromatic heterocycles. The number of hydrogen-bond donors (Lipinski definition) is 2. The predicted molar refractivity (Wildman–Crippen MR) is 89.8 cm³/mol. The third-order valence-corrected chi connectivity index (χ3v) is 3.59. The molecule has 0 heterocycles. The summed E-state index contributed by atoms with van der Waals surface area (Å²) >= 11 is 6.12. The minimum absolute atomic E-state index is 0.235. The Bertz CT molecular complexity index is 643. The van der Waals surface area contributed by atoms with E-state index in [9.17, 15) is 4.39 Å². The lowest BCUT2D eigenvalue weighted by Gasteiger charge is -2.12. The van der Waals surface area contributed by atoms with Crippen molar-refractivity contribution in [2.24, 2.45) is 4.99 Å². The van der Waals surface area contributed by atoms with E-state index in [0.29, 0.717) is 19.0 Å². The smallest absolute Gasteiger partial charge is 0.191 e. The highest BCUT2D eigenvalue weighted by Crippen LogP contribution is 2.14. The first-order valence-electron chi connectivity index (χ1n) is 7.11. The van der Waals surface area contributed by atoms with Crippen molar-refractivity contribution in [3.05, 3.63) is 70.5 Å². The van der Waals surface area contributed by atoms with Crippen molar-refractivity contribution < 1.29 is 4.39 Å². The lowest BCUT2D eigenvalue weighted by atomic mass is 10.1. The molecule has 116 valence electrons. The Hall–Kier alpha value is -2.07. The third kappa shape index (κ3) is 5.04. The van der Waals surface area contributed by atoms with Crippen LogP contribution in [0.2, 0.25) is 5.02 Å². The number of rotatable bonds is 5. The Morgan fingerprint density at radius 1 is 1.14 bits per heavy atom. The molecule has 0 saturated heterocycles. The lowest BCUT2D eigenvalue weighted by Crippen LogP contribution is -2.37. The van der Waals surface area contributed by atoms with Crippen LogP contribution < -0.4 is 10.6 Å². The summed E-state index contributed by atoms with van der Waals surface area (Å²) in [5.74, 6) is 0.442. The number of nitrogens with one attached hydrogen (secondary N) is 2. The molecule has 0 atom stereocenters. The monoisotopic (exact) mass is 319 g/mol. The molecule has 22 heavy (non-hydrogen) atoms. The molecular weight excluding hydrogens is 301 g/mol. The molecule has 2 aromatic rings. The van der Waals surface area contributed by atoms with Crippen molar-refractivity contribution in [1.82, 2.24) is 10.6 Å². The number of hydrogen-bond acceptors (Lipinski definition) is 1. The first kappa shape index (κ1) is 16.3. The van der Waals surface area contributed by atoms with E-state index in [4.69, 9.17) is 11.6 Å². The predicted octanol–water partition coefficient (Wildman–Crippen LogP) is 3.39. The maximum Gasteiger partial charge on any atom is 0.191 e. The van der Waals surface area contributed by atoms with Gasteiger partial charge in [0.15, 0.2) is 5.96 Å². The van der Waals surface area contributed by atoms with Gasteiger partial charge in [-0.05, 0) is 35.7 Å². The van der Waals surface area contributed by atoms with E-state index in [1.165, 1.54) is 12.1 Å². The van der Waals surface area contributed by atoms with Crippen molar-refractivity contribution in [3.63, 3.8) is 0 Å². The average Bonchev–Trinajstić information content (AvgIpc) is 2.52. The van der Waals surface area contributed by atoms with Gasteiger partial charge in [0.1, 0.15) is 5.82 Å². The van der Waals surface area contributed by atoms with Crippen molar-refractivity contribution in [2.75, 3.05) is 13.6 Å². The second-order valence-electron chi connectivity index (χ2n) is 4.82. The van der Waals surface area contributed by atoms with Crippen molar-refractivity contribution >= 4 is 17.6 Å². The maximum absolute atomic E-state index is 13.1. The van der Waals surface area contributed by atoms with Gasteiger partial charge in [0, 0.05) is 25.2 Å². The standard InChI is InChI=1S/C17H19ClFN3/c1-20-17(22-12-13-5-4-7-15(19)11-13)21-10-9-14-6-2-3-8-16(14)18/h2-8,11H,9-10,12H2,1H3,(H2,20,21,22). The minimum atomic E-state index is -0.235. The van der Waals surface area contributed by atoms with Crippen LogP contribution in [0.15, 0.2) is 53.5 Å². The number of nitrogens with zero attached hydrogens (tertiary/aromatic N) is 1. The third-order valence-electron chi connectivity index (χ3n) is 3.22. The molecule has 3 nitrogen and oxygen atoms in total. The Morgan fingerprint density at radius 3 is 2.68 bits per heavy atom. The average molecular weight is 320 g/mol. The van der Waals surface area contributed by atoms with E-state index in [1.54, 1.807) is 13.1 Å². The molecular formula is C17H19ClFN3. The molecule has 2 rings (SSSR count). The molecule has 0 amide bonds. The highest BCUT2D eigenvalue weighted by atomic mass is 35.5. The fourth-order valence-electron chi connectivity index (χ4n) is 2.07. The lowest BCUT2D eigenvalue weighted by molar-refractivity contribution is 0.624. The van der Waals surface area contributed by atoms with Crippen LogP contribution in [0.4, 0.5) is 4.39 Å². The second kappa shape index (κ2) is 8.39. The Balaban J connectivity index is 1.79. The van der Waals surface area contributed by atoms with Crippen LogP contribution in [0, 0.1) is 5.82 Å². The quantitative estimate of drug-likeness (QED) is 0.654. The van der Waals surface area contributed by atoms with E-state index >= 15 is 0 Å². The Morgan fingerprint density at radius 2 is 1.95 bits per heavy atom. The SMILES string of the molecule is CN=C(NCCc1ccccc1Cl)NCc1cccc(F)c1. The van der Waals surface area contributed by atoms with Gasteiger partial charge in [0.25, 0.3) is 0 Å². The van der Waals surface area contributed by atoms with Gasteiger partial charge in [-0.2, -0.15) is 0 Å². The van der Waals surface area contributed by atoms with Crippen LogP contribution in [0.25, 0.3) is 0 Å². The normalized spacial score (nSPS) is 11.3. The van der Waals surface area contributed by atoms with Gasteiger partial charge >= 0.3 is 0 Å². The summed E-state index contributed by atoms with van der Waals surface area (Å²) in [6.45, 7) is 1.23. The van der Waals surface area contributed by atoms with Gasteiger partial charge in [-0.1, -0.05) is 41.9 Å². The highest BCUT2D eigenvalue weighted by molar-refractivity contribution is 6.31. The van der Waals surface area contributed by atoms with Gasteiger partial charge < -0.3 is 10.6 Å². The van der Waals surface area contributed by atoms with E-state index in [2.05, 4.69) is 15.6 Å². The van der Waals surface area contributed by atoms with E-state index in [0.717, 1.165) is 22.6 Å². The van der Waals surface area contributed by atoms with Gasteiger partial charge in [-0.3, -0.25) is 4.99 Å². The highest BCUT2D eigenvalue weighted by Gasteiger charge is 2.01. The molecule has 2 aromatic carbocycles. The largest absolute Gasteiger partial charge is 0.356 e. The second-order valence-corrected chi connectivity index (χ2v) is 5.23. The molecule has 0 aliphatic heterocycles. The molecule has 2 N–H and O–H groups in total. The molecule has 5 heteroatoms. The van der Waals surface area contributed by atoms with Crippen molar-refractivity contribution in [3.8, 4) is 0 Å². The summed E-state index contributed by atoms with van der Waals surface area (Å²) in [7, 11) is 1.70. The molecule has 0 aliphatic rings. The fraction of sp³-hybridized carbons (Fsp3) is 0.235. The fourth-order valence-corrected chi connectivity index (χ4v) is 2.30. The van der Waals surface area contributed by atoms with Gasteiger partial charge in [0.2, 0.25) is 0 Å². The van der Waals surface area contributed by atoms with Crippen LogP contribution >= 0.6 is 11.6 Å². The molecule has 0 spiro atoms. The molecule has 0 saturated carbocycles. The van der Waals surface area contributed by atoms with Gasteiger partial charge in [-0.25, -0.2) is 4.39 Å². The molecule has 0 bridgehead atoms. The van der Waals surface area contributed by atoms with Gasteiger partial charge in [-0.15, -0.1) is 0 Å². The minimum Gasteiger partial charge on any atom is -0.356 e. The molecule has 0 unspecified atom stereocenters. The Labute approximate surface area is 135 Å². The number of aliphatic imine (C=N–C) groups is 1. The van der Waals surface area contributed by atoms with Crippen LogP contribution in [-0.4, -0.2) is 19.6 Å². The zero-order chi connectivity index (χ0) is 15.8. The van der Waals surface area contributed by atoms with Crippen molar-refractivity contribution in [1.29, 1.82) is 0 Å². The summed E-state index contributed by atoms with van der Waals surface area (Å²) < 4.78 is 13.1. The van der Waals surface area contributed by atoms with Crippen molar-refractivity contribution in [2.45, 2.75) is 13.0 Å². The first-order chi connectivity index (χ1) is 10.7. The van der Waals surface area contributed by atoms with Gasteiger partial charge in [0.05, 0.1) is 0 Å². The number of benzene rings is 2. The van der Waals surface area contributed by atoms with Crippen LogP contribution in [-0.2, 0) is 13.0 Å². The molecule has 0 radical (unpaired) electrons. The van der Waals surface area contributed by atoms with Crippen LogP contribution in [0.1, 0.15) is 11.1 Å². The van der Waals surface area contributed by atoms with E-state index in [-0.39, 0.29) is 5.82 Å². The molecule has 0 aliphatic carbocycles. The number of halogens is 2. The summed E-state index contributed by atoms with van der Waals surface area (Å²) in [4.78, 5) is 4.15. The first-order valence-corrected chi connectivity index (χ1v) is 7.49. The zero-order valence-corrected chi connectivity index (χ0v) is 13.2. The topological polar surface area (TPSA) is 36.4 Å². The summed E-state index contributed by atoms with van der Waals surface area (Å²) in [5.41, 5.74) is 1.96. The maximum atomic E-state index is 13.1. The number of guanidine groups is 1. The summed E-state index contributed by atoms with van der Waals surface area (Å²) in [6, 6.07) is 14.3. The Kier molecular flexibility index (Phi) is 6.22. The zero-order valence-electron chi connectivity index (χ0n) is 12.4. The van der Waals surface area contributed by atoms with Crippen LogP contribution in [0.5, 0.6) is 0 Å². The van der Waals surface area contributed by atoms with Crippen LogP contribution in [0.3, 0.4) is 0 Å². The van der Waals surface area contributed by atoms with E-state index in [1.807, 2.05) is 30.3 Å². The van der Waals surface area contributed by atoms with E-state index < -0.39 is 0 Å². The molecule has 0 fully saturated rings. The summed E-state index contributed by atoms with van der Waals surface area (Å²) in [6.07, 6.45) is 0.806. The summed E-state index contributed by atoms with van der Waals surface area (Å²) in [5, 5.41) is 7.14.